The highest BCUT2D eigenvalue weighted by Gasteiger charge is 2.53. The average Bonchev–Trinajstić information content (AvgIpc) is 3.37. The van der Waals surface area contributed by atoms with E-state index in [2.05, 4.69) is 37.2 Å². The molecule has 2 aromatic carbocycles. The van der Waals surface area contributed by atoms with Gasteiger partial charge in [0.05, 0.1) is 19.1 Å². The van der Waals surface area contributed by atoms with Gasteiger partial charge in [-0.25, -0.2) is 0 Å². The van der Waals surface area contributed by atoms with Crippen LogP contribution in [0.3, 0.4) is 0 Å². The number of hydrogen-bond acceptors (Lipinski definition) is 20. The predicted octanol–water partition coefficient (Wildman–Crippen LogP) is -2.59. The van der Waals surface area contributed by atoms with Crippen LogP contribution in [0.15, 0.2) is 54.6 Å². The van der Waals surface area contributed by atoms with E-state index in [1.165, 1.54) is 45.0 Å². The van der Waals surface area contributed by atoms with Crippen LogP contribution in [0.5, 0.6) is 5.75 Å². The Bertz CT molecular complexity index is 2530. The first-order valence-corrected chi connectivity index (χ1v) is 25.3. The van der Waals surface area contributed by atoms with E-state index >= 15 is 0 Å². The van der Waals surface area contributed by atoms with Crippen LogP contribution in [0.4, 0.5) is 0 Å². The number of aliphatic hydroxyl groups is 1. The summed E-state index contributed by atoms with van der Waals surface area (Å²) >= 11 is 0. The van der Waals surface area contributed by atoms with E-state index in [1.807, 2.05) is 0 Å². The number of nitrogens with one attached hydrogen (secondary N) is 7. The number of aliphatic carboxylic acids is 1. The van der Waals surface area contributed by atoms with Crippen molar-refractivity contribution in [1.82, 2.24) is 37.2 Å². The number of phenolic OH excluding ortho intramolecular Hbond substituents is 1. The van der Waals surface area contributed by atoms with Gasteiger partial charge in [-0.05, 0) is 48.4 Å². The zero-order valence-electron chi connectivity index (χ0n) is 45.7. The molecule has 1 heterocycles. The lowest BCUT2D eigenvalue weighted by atomic mass is 9.96. The van der Waals surface area contributed by atoms with Gasteiger partial charge in [-0.1, -0.05) is 70.2 Å². The van der Waals surface area contributed by atoms with E-state index in [0.29, 0.717) is 11.1 Å². The number of carbonyl (C=O) groups excluding carboxylic acids is 11. The van der Waals surface area contributed by atoms with Crippen molar-refractivity contribution >= 4 is 71.2 Å². The lowest BCUT2D eigenvalue weighted by molar-refractivity contribution is -0.258. The Hall–Kier alpha value is -8.24. The number of carbonyl (C=O) groups is 12. The number of benzene rings is 2. The molecule has 0 aromatic heterocycles. The molecule has 0 bridgehead atoms. The van der Waals surface area contributed by atoms with Gasteiger partial charge < -0.3 is 76.6 Å². The zero-order chi connectivity index (χ0) is 60.1. The van der Waals surface area contributed by atoms with Crippen molar-refractivity contribution in [2.45, 2.75) is 155 Å². The minimum atomic E-state index is -1.88. The van der Waals surface area contributed by atoms with Gasteiger partial charge in [-0.2, -0.15) is 0 Å². The van der Waals surface area contributed by atoms with Crippen molar-refractivity contribution < 1.29 is 96.5 Å². The molecule has 0 radical (unpaired) electrons. The van der Waals surface area contributed by atoms with Crippen LogP contribution in [-0.2, 0) is 94.1 Å². The highest BCUT2D eigenvalue weighted by molar-refractivity contribution is 5.98. The molecule has 28 heteroatoms. The molecule has 12 N–H and O–H groups in total. The Morgan fingerprint density at radius 2 is 1.01 bits per heavy atom. The number of esters is 4. The quantitative estimate of drug-likeness (QED) is 0.0294. The number of aliphatic hydroxyl groups excluding tert-OH is 1. The zero-order valence-corrected chi connectivity index (χ0v) is 45.7. The van der Waals surface area contributed by atoms with E-state index in [1.54, 1.807) is 44.2 Å². The summed E-state index contributed by atoms with van der Waals surface area (Å²) in [5.74, 6) is -13.5. The Kier molecular flexibility index (Phi) is 25.9. The van der Waals surface area contributed by atoms with Gasteiger partial charge in [-0.3, -0.25) is 62.9 Å². The van der Waals surface area contributed by atoms with Crippen LogP contribution < -0.4 is 43.0 Å². The summed E-state index contributed by atoms with van der Waals surface area (Å²) in [5.41, 5.74) is 6.13. The molecular weight excluding hydrogens is 1060 g/mol. The molecule has 0 aliphatic carbocycles. The lowest BCUT2D eigenvalue weighted by Crippen LogP contribution is -2.68. The summed E-state index contributed by atoms with van der Waals surface area (Å²) in [5, 5.41) is 46.9. The molecule has 28 nitrogen and oxygen atoms in total. The third kappa shape index (κ3) is 21.2. The molecule has 0 saturated carbocycles. The van der Waals surface area contributed by atoms with Crippen LogP contribution in [0.2, 0.25) is 0 Å². The molecule has 1 fully saturated rings. The minimum Gasteiger partial charge on any atom is -0.508 e. The number of phenols is 1. The first-order valence-electron chi connectivity index (χ1n) is 25.3. The SMILES string of the molecule is CC(=O)OC[C@H]1O[C@@H](N[C@@H](Cc2ccc(O)cc2)C(=O)N[C@H](C)C(=O)N[C@@H](Cc2ccccc2)C(=O)N[C@@H](CC(=O)O)C(=O)N[C@H](C(=O)N[C@H](C(=O)N[C@@H](CO)C(N)=O)C(C)C)C(C)C)[C@H](OC(C)=O)[C@@H](OC(C)=O)[C@@H]1OC(C)=O. The summed E-state index contributed by atoms with van der Waals surface area (Å²) in [7, 11) is 0. The topological polar surface area (TPSA) is 422 Å². The van der Waals surface area contributed by atoms with Crippen molar-refractivity contribution in [3.05, 3.63) is 65.7 Å². The summed E-state index contributed by atoms with van der Waals surface area (Å²) in [6.45, 7) is 10.2. The highest BCUT2D eigenvalue weighted by atomic mass is 16.7. The van der Waals surface area contributed by atoms with Gasteiger partial charge in [0.25, 0.3) is 0 Å². The molecule has 1 aliphatic heterocycles. The van der Waals surface area contributed by atoms with E-state index in [9.17, 15) is 72.9 Å². The van der Waals surface area contributed by atoms with E-state index < -0.39 is 176 Å². The summed E-state index contributed by atoms with van der Waals surface area (Å²) in [6.07, 6.45) is -9.37. The number of primary amides is 1. The van der Waals surface area contributed by atoms with E-state index in [0.717, 1.165) is 27.7 Å². The average molecular weight is 1130 g/mol. The number of nitrogens with two attached hydrogens (primary N) is 1. The van der Waals surface area contributed by atoms with Gasteiger partial charge in [0, 0.05) is 34.1 Å². The second kappa shape index (κ2) is 31.4. The minimum absolute atomic E-state index is 0.125. The third-order valence-corrected chi connectivity index (χ3v) is 12.1. The maximum atomic E-state index is 14.5. The number of amides is 7. The Labute approximate surface area is 460 Å². The molecule has 2 aromatic rings. The third-order valence-electron chi connectivity index (χ3n) is 12.1. The Morgan fingerprint density at radius 3 is 1.52 bits per heavy atom. The van der Waals surface area contributed by atoms with Gasteiger partial charge in [0.2, 0.25) is 41.4 Å². The van der Waals surface area contributed by atoms with Crippen molar-refractivity contribution in [1.29, 1.82) is 0 Å². The fraction of sp³-hybridized carbons (Fsp3) is 0.538. The fourth-order valence-electron chi connectivity index (χ4n) is 8.08. The van der Waals surface area contributed by atoms with Crippen molar-refractivity contribution in [2.75, 3.05) is 13.2 Å². The normalized spacial score (nSPS) is 19.4. The highest BCUT2D eigenvalue weighted by Crippen LogP contribution is 2.29. The van der Waals surface area contributed by atoms with E-state index in [-0.39, 0.29) is 18.6 Å². The van der Waals surface area contributed by atoms with Gasteiger partial charge >= 0.3 is 29.8 Å². The first-order chi connectivity index (χ1) is 37.5. The summed E-state index contributed by atoms with van der Waals surface area (Å²) in [6, 6.07) is 3.09. The number of carboxylic acid groups (broad SMARTS) is 1. The molecule has 7 amide bonds. The van der Waals surface area contributed by atoms with Crippen molar-refractivity contribution in [2.24, 2.45) is 17.6 Å². The molecule has 12 atom stereocenters. The van der Waals surface area contributed by atoms with Crippen LogP contribution in [-0.4, -0.2) is 173 Å². The maximum absolute atomic E-state index is 14.5. The van der Waals surface area contributed by atoms with Crippen LogP contribution in [0.1, 0.15) is 79.9 Å². The molecule has 3 rings (SSSR count). The van der Waals surface area contributed by atoms with Crippen LogP contribution in [0, 0.1) is 11.8 Å². The molecule has 0 unspecified atom stereocenters. The number of rotatable bonds is 29. The maximum Gasteiger partial charge on any atom is 0.305 e. The Morgan fingerprint density at radius 1 is 0.550 bits per heavy atom. The number of ether oxygens (including phenoxy) is 5. The van der Waals surface area contributed by atoms with Gasteiger partial charge in [-0.15, -0.1) is 0 Å². The Balaban J connectivity index is 1.97. The number of hydrogen-bond donors (Lipinski definition) is 11. The smallest absolute Gasteiger partial charge is 0.305 e. The molecule has 80 heavy (non-hydrogen) atoms. The molecule has 0 spiro atoms. The fourth-order valence-corrected chi connectivity index (χ4v) is 8.08. The lowest BCUT2D eigenvalue weighted by Gasteiger charge is -2.45. The number of carboxylic acids is 1. The van der Waals surface area contributed by atoms with Crippen molar-refractivity contribution in [3.8, 4) is 5.75 Å². The summed E-state index contributed by atoms with van der Waals surface area (Å²) < 4.78 is 27.9. The first kappa shape index (κ1) is 66.0. The molecule has 1 aliphatic rings. The molecule has 440 valence electrons. The number of aromatic hydroxyl groups is 1. The van der Waals surface area contributed by atoms with Gasteiger partial charge in [0.15, 0.2) is 24.5 Å². The van der Waals surface area contributed by atoms with Crippen LogP contribution in [0.25, 0.3) is 0 Å². The van der Waals surface area contributed by atoms with Crippen LogP contribution >= 0.6 is 0 Å². The molecular formula is C52H72N8O20. The van der Waals surface area contributed by atoms with Crippen molar-refractivity contribution in [3.63, 3.8) is 0 Å². The second-order valence-electron chi connectivity index (χ2n) is 19.5. The van der Waals surface area contributed by atoms with Gasteiger partial charge in [0.1, 0.15) is 54.7 Å². The largest absolute Gasteiger partial charge is 0.508 e. The summed E-state index contributed by atoms with van der Waals surface area (Å²) in [4.78, 5) is 157. The molecule has 1 saturated heterocycles. The standard InChI is InChI=1S/C52H72N8O20/c1-24(2)40(50(74)57-37(22-61)45(53)69)60-51(75)41(25(3)4)59-49(73)36(21-39(67)68)56-48(72)34(19-31-13-11-10-12-14-31)55-46(70)26(5)54-47(71)35(20-32-15-17-33(66)18-16-32)58-52-44(79-30(9)65)43(78-29(8)64)42(77-28(7)63)38(80-52)23-76-27(6)62/h10-18,24-26,34-38,40-44,52,58,61,66H,19-23H2,1-9H3,(H2,53,69)(H,54,71)(H,55,70)(H,56,72)(H,57,74)(H,59,73)(H,60,75)(H,67,68)/t26-,34+,35+,36+,37+,38-,40+,41+,42-,43+,44-,52-/m1/s1. The monoisotopic (exact) mass is 1130 g/mol. The predicted molar refractivity (Wildman–Crippen MR) is 276 cm³/mol. The second-order valence-corrected chi connectivity index (χ2v) is 19.5. The van der Waals surface area contributed by atoms with E-state index in [4.69, 9.17) is 29.4 Å².